The summed E-state index contributed by atoms with van der Waals surface area (Å²) in [6.45, 7) is 0. The maximum absolute atomic E-state index is 3.58. The summed E-state index contributed by atoms with van der Waals surface area (Å²) in [6.07, 6.45) is 0. The van der Waals surface area contributed by atoms with E-state index in [2.05, 4.69) is 119 Å². The van der Waals surface area contributed by atoms with Crippen molar-refractivity contribution in [1.82, 2.24) is 0 Å². The summed E-state index contributed by atoms with van der Waals surface area (Å²) >= 11 is 3.58. The summed E-state index contributed by atoms with van der Waals surface area (Å²) in [4.78, 5) is 0. The van der Waals surface area contributed by atoms with Crippen LogP contribution in [0.5, 0.6) is 0 Å². The molecule has 0 bridgehead atoms. The minimum atomic E-state index is 1.10. The number of hydrogen-bond acceptors (Lipinski definition) is 0. The second-order valence-electron chi connectivity index (χ2n) is 6.78. The Labute approximate surface area is 167 Å². The van der Waals surface area contributed by atoms with Crippen LogP contribution < -0.4 is 0 Å². The zero-order valence-electron chi connectivity index (χ0n) is 14.7. The van der Waals surface area contributed by atoms with Gasteiger partial charge in [0.25, 0.3) is 0 Å². The Morgan fingerprint density at radius 3 is 1.89 bits per heavy atom. The van der Waals surface area contributed by atoms with E-state index in [1.807, 2.05) is 0 Å². The van der Waals surface area contributed by atoms with Crippen molar-refractivity contribution in [1.29, 1.82) is 0 Å². The fourth-order valence-corrected chi connectivity index (χ4v) is 4.23. The number of benzene rings is 5. The second-order valence-corrected chi connectivity index (χ2v) is 7.70. The molecule has 0 aromatic heterocycles. The van der Waals surface area contributed by atoms with Gasteiger partial charge in [-0.25, -0.2) is 0 Å². The Bertz CT molecular complexity index is 1280. The molecule has 1 heteroatoms. The third-order valence-electron chi connectivity index (χ3n) is 5.10. The number of hydrogen-bond donors (Lipinski definition) is 0. The third-order valence-corrected chi connectivity index (χ3v) is 5.59. The highest BCUT2D eigenvalue weighted by atomic mass is 79.9. The van der Waals surface area contributed by atoms with Gasteiger partial charge in [0.15, 0.2) is 0 Å². The predicted octanol–water partition coefficient (Wildman–Crippen LogP) is 8.09. The quantitative estimate of drug-likeness (QED) is 0.259. The van der Waals surface area contributed by atoms with Crippen molar-refractivity contribution >= 4 is 37.5 Å². The fourth-order valence-electron chi connectivity index (χ4n) is 3.83. The SMILES string of the molecule is Brc1cccc(-c2cccc(-c3cc4ccccc4c4ccccc34)c2)c1. The van der Waals surface area contributed by atoms with Gasteiger partial charge >= 0.3 is 0 Å². The van der Waals surface area contributed by atoms with E-state index in [-0.39, 0.29) is 0 Å². The molecule has 5 aromatic rings. The molecule has 0 radical (unpaired) electrons. The first-order chi connectivity index (χ1) is 13.3. The summed E-state index contributed by atoms with van der Waals surface area (Å²) in [5.74, 6) is 0. The van der Waals surface area contributed by atoms with Crippen molar-refractivity contribution in [2.24, 2.45) is 0 Å². The molecular weight excluding hydrogens is 392 g/mol. The van der Waals surface area contributed by atoms with Crippen LogP contribution in [0.15, 0.2) is 108 Å². The van der Waals surface area contributed by atoms with Crippen molar-refractivity contribution < 1.29 is 0 Å². The van der Waals surface area contributed by atoms with Crippen LogP contribution >= 0.6 is 15.9 Å². The molecule has 0 atom stereocenters. The average molecular weight is 409 g/mol. The van der Waals surface area contributed by atoms with E-state index in [1.165, 1.54) is 43.8 Å². The van der Waals surface area contributed by atoms with Gasteiger partial charge in [0, 0.05) is 4.47 Å². The summed E-state index contributed by atoms with van der Waals surface area (Å²) in [6, 6.07) is 36.9. The Morgan fingerprint density at radius 1 is 0.444 bits per heavy atom. The Morgan fingerprint density at radius 2 is 1.07 bits per heavy atom. The van der Waals surface area contributed by atoms with Crippen molar-refractivity contribution in [3.63, 3.8) is 0 Å². The zero-order valence-corrected chi connectivity index (χ0v) is 16.3. The van der Waals surface area contributed by atoms with E-state index in [0.29, 0.717) is 0 Å². The van der Waals surface area contributed by atoms with E-state index in [0.717, 1.165) is 4.47 Å². The van der Waals surface area contributed by atoms with Crippen molar-refractivity contribution in [3.8, 4) is 22.3 Å². The lowest BCUT2D eigenvalue weighted by molar-refractivity contribution is 1.59. The molecule has 0 aliphatic rings. The minimum Gasteiger partial charge on any atom is -0.0616 e. The molecule has 0 saturated carbocycles. The Hall–Kier alpha value is -2.90. The molecule has 27 heavy (non-hydrogen) atoms. The molecule has 0 unspecified atom stereocenters. The van der Waals surface area contributed by atoms with E-state index in [4.69, 9.17) is 0 Å². The molecule has 5 rings (SSSR count). The van der Waals surface area contributed by atoms with Crippen molar-refractivity contribution in [2.45, 2.75) is 0 Å². The monoisotopic (exact) mass is 408 g/mol. The number of halogens is 1. The van der Waals surface area contributed by atoms with Gasteiger partial charge in [0.1, 0.15) is 0 Å². The van der Waals surface area contributed by atoms with Crippen molar-refractivity contribution in [2.75, 3.05) is 0 Å². The maximum atomic E-state index is 3.58. The smallest absolute Gasteiger partial charge is 0.0181 e. The zero-order chi connectivity index (χ0) is 18.2. The van der Waals surface area contributed by atoms with E-state index >= 15 is 0 Å². The predicted molar refractivity (Wildman–Crippen MR) is 120 cm³/mol. The van der Waals surface area contributed by atoms with Crippen LogP contribution in [0.4, 0.5) is 0 Å². The van der Waals surface area contributed by atoms with Crippen LogP contribution in [0.3, 0.4) is 0 Å². The van der Waals surface area contributed by atoms with E-state index in [9.17, 15) is 0 Å². The molecule has 128 valence electrons. The summed E-state index contributed by atoms with van der Waals surface area (Å²) < 4.78 is 1.10. The summed E-state index contributed by atoms with van der Waals surface area (Å²) in [5, 5.41) is 5.18. The molecule has 0 saturated heterocycles. The molecule has 0 aliphatic heterocycles. The van der Waals surface area contributed by atoms with Gasteiger partial charge in [-0.1, -0.05) is 94.8 Å². The highest BCUT2D eigenvalue weighted by Crippen LogP contribution is 2.36. The van der Waals surface area contributed by atoms with E-state index in [1.54, 1.807) is 0 Å². The van der Waals surface area contributed by atoms with Crippen LogP contribution in [-0.2, 0) is 0 Å². The van der Waals surface area contributed by atoms with Gasteiger partial charge in [-0.05, 0) is 68.1 Å². The number of fused-ring (bicyclic) bond motifs is 3. The normalized spacial score (nSPS) is 11.1. The number of rotatable bonds is 2. The summed E-state index contributed by atoms with van der Waals surface area (Å²) in [7, 11) is 0. The molecule has 0 N–H and O–H groups in total. The first-order valence-corrected chi connectivity index (χ1v) is 9.86. The molecular formula is C26H17Br. The fraction of sp³-hybridized carbons (Fsp3) is 0. The van der Waals surface area contributed by atoms with Gasteiger partial charge < -0.3 is 0 Å². The first kappa shape index (κ1) is 16.3. The highest BCUT2D eigenvalue weighted by molar-refractivity contribution is 9.10. The van der Waals surface area contributed by atoms with Crippen molar-refractivity contribution in [3.05, 3.63) is 108 Å². The van der Waals surface area contributed by atoms with Gasteiger partial charge in [-0.2, -0.15) is 0 Å². The average Bonchev–Trinajstić information content (AvgIpc) is 2.73. The molecule has 0 amide bonds. The molecule has 0 spiro atoms. The Kier molecular flexibility index (Phi) is 4.03. The highest BCUT2D eigenvalue weighted by Gasteiger charge is 2.09. The lowest BCUT2D eigenvalue weighted by Gasteiger charge is -2.12. The first-order valence-electron chi connectivity index (χ1n) is 9.06. The molecule has 0 heterocycles. The Balaban J connectivity index is 1.77. The molecule has 5 aromatic carbocycles. The minimum absolute atomic E-state index is 1.10. The standard InChI is InChI=1S/C26H17Br/c27-22-11-6-9-19(16-22)18-8-5-10-20(15-18)26-17-21-7-1-2-12-23(21)24-13-3-4-14-25(24)26/h1-17H. The van der Waals surface area contributed by atoms with Crippen LogP contribution in [-0.4, -0.2) is 0 Å². The van der Waals surface area contributed by atoms with E-state index < -0.39 is 0 Å². The lowest BCUT2D eigenvalue weighted by atomic mass is 9.92. The van der Waals surface area contributed by atoms with Gasteiger partial charge in [0.2, 0.25) is 0 Å². The lowest BCUT2D eigenvalue weighted by Crippen LogP contribution is -1.86. The summed E-state index contributed by atoms with van der Waals surface area (Å²) in [5.41, 5.74) is 4.97. The van der Waals surface area contributed by atoms with Crippen LogP contribution in [0.2, 0.25) is 0 Å². The maximum Gasteiger partial charge on any atom is 0.0181 e. The molecule has 0 aliphatic carbocycles. The van der Waals surface area contributed by atoms with Crippen LogP contribution in [0, 0.1) is 0 Å². The largest absolute Gasteiger partial charge is 0.0616 e. The topological polar surface area (TPSA) is 0 Å². The van der Waals surface area contributed by atoms with Gasteiger partial charge in [-0.15, -0.1) is 0 Å². The van der Waals surface area contributed by atoms with Gasteiger partial charge in [-0.3, -0.25) is 0 Å². The van der Waals surface area contributed by atoms with Crippen LogP contribution in [0.25, 0.3) is 43.8 Å². The van der Waals surface area contributed by atoms with Crippen LogP contribution in [0.1, 0.15) is 0 Å². The van der Waals surface area contributed by atoms with Gasteiger partial charge in [0.05, 0.1) is 0 Å². The third kappa shape index (κ3) is 2.94. The second kappa shape index (κ2) is 6.68. The molecule has 0 fully saturated rings. The molecule has 0 nitrogen and oxygen atoms in total.